The van der Waals surface area contributed by atoms with E-state index in [0.29, 0.717) is 5.41 Å². The summed E-state index contributed by atoms with van der Waals surface area (Å²) in [6.45, 7) is 4.21. The minimum absolute atomic E-state index is 0.0591. The van der Waals surface area contributed by atoms with Gasteiger partial charge in [0.25, 0.3) is 0 Å². The van der Waals surface area contributed by atoms with Gasteiger partial charge in [0, 0.05) is 24.2 Å². The molecule has 4 heteroatoms. The summed E-state index contributed by atoms with van der Waals surface area (Å²) in [4.78, 5) is 7.12. The molecular formula is C32H36N2O2. The van der Waals surface area contributed by atoms with Crippen LogP contribution in [0.3, 0.4) is 0 Å². The van der Waals surface area contributed by atoms with E-state index in [1.807, 2.05) is 30.5 Å². The molecule has 186 valence electrons. The zero-order valence-corrected chi connectivity index (χ0v) is 21.4. The number of hydrogen-bond donors (Lipinski definition) is 1. The number of methoxy groups -OCH3 is 1. The standard InChI is InChI=1S/C32H36N2O2/c1-3-24-13-15-32(24)16-18-34(21-23-9-6-8-22-7-4-5-10-26(22)23)30(20-32)31(35)27-14-17-33-29-12-11-25(36-2)19-28(27)29/h4-12,14,17,19,24,30-31,35H,3,13,15-16,18,20-21H2,1-2H3. The van der Waals surface area contributed by atoms with E-state index in [9.17, 15) is 5.11 Å². The Kier molecular flexibility index (Phi) is 6.18. The molecule has 3 aromatic carbocycles. The average molecular weight is 481 g/mol. The lowest BCUT2D eigenvalue weighted by molar-refractivity contribution is -0.0940. The Hall–Kier alpha value is -2.95. The van der Waals surface area contributed by atoms with Gasteiger partial charge in [-0.25, -0.2) is 0 Å². The number of ether oxygens (including phenoxy) is 1. The first kappa shape index (κ1) is 23.4. The van der Waals surface area contributed by atoms with E-state index in [2.05, 4.69) is 59.3 Å². The third-order valence-electron chi connectivity index (χ3n) is 9.25. The molecule has 0 bridgehead atoms. The van der Waals surface area contributed by atoms with Crippen LogP contribution in [0.2, 0.25) is 0 Å². The number of pyridine rings is 1. The van der Waals surface area contributed by atoms with Gasteiger partial charge in [0.05, 0.1) is 18.7 Å². The predicted octanol–water partition coefficient (Wildman–Crippen LogP) is 6.90. The molecule has 1 aliphatic heterocycles. The lowest BCUT2D eigenvalue weighted by Crippen LogP contribution is -2.55. The highest BCUT2D eigenvalue weighted by molar-refractivity contribution is 5.86. The maximum absolute atomic E-state index is 12.1. The minimum Gasteiger partial charge on any atom is -0.497 e. The Balaban J connectivity index is 1.39. The van der Waals surface area contributed by atoms with Crippen LogP contribution in [0, 0.1) is 11.3 Å². The molecule has 4 atom stereocenters. The molecule has 4 nitrogen and oxygen atoms in total. The predicted molar refractivity (Wildman–Crippen MR) is 146 cm³/mol. The SMILES string of the molecule is CCC1CCC12CCN(Cc1cccc3ccccc13)C(C(O)c1ccnc3ccc(OC)cc13)C2. The second-order valence-electron chi connectivity index (χ2n) is 10.9. The molecule has 2 heterocycles. The number of hydrogen-bond acceptors (Lipinski definition) is 4. The molecule has 36 heavy (non-hydrogen) atoms. The number of benzene rings is 3. The Morgan fingerprint density at radius 1 is 1.06 bits per heavy atom. The quantitative estimate of drug-likeness (QED) is 0.326. The third-order valence-corrected chi connectivity index (χ3v) is 9.25. The van der Waals surface area contributed by atoms with Crippen molar-refractivity contribution in [3.05, 3.63) is 84.1 Å². The summed E-state index contributed by atoms with van der Waals surface area (Å²) in [6, 6.07) is 23.3. The van der Waals surface area contributed by atoms with Gasteiger partial charge in [-0.15, -0.1) is 0 Å². The van der Waals surface area contributed by atoms with Crippen molar-refractivity contribution >= 4 is 21.7 Å². The second-order valence-corrected chi connectivity index (χ2v) is 10.9. The van der Waals surface area contributed by atoms with Gasteiger partial charge in [-0.05, 0) is 89.7 Å². The van der Waals surface area contributed by atoms with Gasteiger partial charge in [-0.2, -0.15) is 0 Å². The number of piperidine rings is 1. The van der Waals surface area contributed by atoms with Crippen molar-refractivity contribution in [3.63, 3.8) is 0 Å². The molecule has 0 radical (unpaired) electrons. The zero-order chi connectivity index (χ0) is 24.7. The van der Waals surface area contributed by atoms with Gasteiger partial charge in [0.2, 0.25) is 0 Å². The third kappa shape index (κ3) is 3.97. The summed E-state index contributed by atoms with van der Waals surface area (Å²) in [5.74, 6) is 1.57. The average Bonchev–Trinajstić information content (AvgIpc) is 2.92. The molecular weight excluding hydrogens is 444 g/mol. The number of rotatable bonds is 6. The molecule has 1 N–H and O–H groups in total. The molecule has 4 unspecified atom stereocenters. The van der Waals surface area contributed by atoms with Crippen LogP contribution in [0.5, 0.6) is 5.75 Å². The zero-order valence-electron chi connectivity index (χ0n) is 21.4. The Morgan fingerprint density at radius 3 is 2.72 bits per heavy atom. The van der Waals surface area contributed by atoms with Crippen molar-refractivity contribution in [2.45, 2.75) is 57.7 Å². The molecule has 4 aromatic rings. The molecule has 1 spiro atoms. The van der Waals surface area contributed by atoms with E-state index in [1.54, 1.807) is 7.11 Å². The van der Waals surface area contributed by atoms with E-state index < -0.39 is 6.10 Å². The van der Waals surface area contributed by atoms with Crippen molar-refractivity contribution < 1.29 is 9.84 Å². The van der Waals surface area contributed by atoms with Gasteiger partial charge in [0.15, 0.2) is 0 Å². The molecule has 2 fully saturated rings. The van der Waals surface area contributed by atoms with Crippen LogP contribution in [-0.4, -0.2) is 34.7 Å². The molecule has 1 saturated carbocycles. The van der Waals surface area contributed by atoms with Gasteiger partial charge in [-0.1, -0.05) is 55.8 Å². The summed E-state index contributed by atoms with van der Waals surface area (Å²) in [5.41, 5.74) is 3.56. The van der Waals surface area contributed by atoms with Crippen molar-refractivity contribution in [2.75, 3.05) is 13.7 Å². The summed E-state index contributed by atoms with van der Waals surface area (Å²) in [5, 5.41) is 15.6. The molecule has 1 saturated heterocycles. The first-order valence-corrected chi connectivity index (χ1v) is 13.4. The van der Waals surface area contributed by atoms with Crippen LogP contribution in [0.15, 0.2) is 72.9 Å². The lowest BCUT2D eigenvalue weighted by Gasteiger charge is -2.57. The van der Waals surface area contributed by atoms with Crippen molar-refractivity contribution in [2.24, 2.45) is 11.3 Å². The normalized spacial score (nSPS) is 25.2. The Bertz CT molecular complexity index is 1380. The van der Waals surface area contributed by atoms with Crippen molar-refractivity contribution in [1.29, 1.82) is 0 Å². The molecule has 0 amide bonds. The topological polar surface area (TPSA) is 45.6 Å². The summed E-state index contributed by atoms with van der Waals surface area (Å²) in [6.07, 6.45) is 7.38. The number of aromatic nitrogens is 1. The fourth-order valence-electron chi connectivity index (χ4n) is 7.07. The maximum Gasteiger partial charge on any atom is 0.119 e. The maximum atomic E-state index is 12.1. The van der Waals surface area contributed by atoms with E-state index in [0.717, 1.165) is 47.6 Å². The Morgan fingerprint density at radius 2 is 1.92 bits per heavy atom. The van der Waals surface area contributed by atoms with E-state index in [4.69, 9.17) is 4.74 Å². The van der Waals surface area contributed by atoms with E-state index in [1.165, 1.54) is 42.0 Å². The van der Waals surface area contributed by atoms with Crippen LogP contribution in [-0.2, 0) is 6.54 Å². The van der Waals surface area contributed by atoms with Gasteiger partial charge >= 0.3 is 0 Å². The van der Waals surface area contributed by atoms with Crippen LogP contribution in [0.4, 0.5) is 0 Å². The number of likely N-dealkylation sites (tertiary alicyclic amines) is 1. The number of aliphatic hydroxyl groups is 1. The van der Waals surface area contributed by atoms with E-state index in [-0.39, 0.29) is 6.04 Å². The first-order chi connectivity index (χ1) is 17.6. The summed E-state index contributed by atoms with van der Waals surface area (Å²) >= 11 is 0. The molecule has 6 rings (SSSR count). The fourth-order valence-corrected chi connectivity index (χ4v) is 7.07. The van der Waals surface area contributed by atoms with Crippen molar-refractivity contribution in [1.82, 2.24) is 9.88 Å². The van der Waals surface area contributed by atoms with Gasteiger partial charge in [-0.3, -0.25) is 9.88 Å². The second kappa shape index (κ2) is 9.49. The van der Waals surface area contributed by atoms with Gasteiger partial charge in [0.1, 0.15) is 5.75 Å². The first-order valence-electron chi connectivity index (χ1n) is 13.4. The van der Waals surface area contributed by atoms with Crippen LogP contribution in [0.1, 0.15) is 56.3 Å². The van der Waals surface area contributed by atoms with Crippen LogP contribution in [0.25, 0.3) is 21.7 Å². The summed E-state index contributed by atoms with van der Waals surface area (Å²) < 4.78 is 5.51. The summed E-state index contributed by atoms with van der Waals surface area (Å²) in [7, 11) is 1.69. The fraction of sp³-hybridized carbons (Fsp3) is 0.406. The van der Waals surface area contributed by atoms with Crippen molar-refractivity contribution in [3.8, 4) is 5.75 Å². The smallest absolute Gasteiger partial charge is 0.119 e. The minimum atomic E-state index is -0.590. The molecule has 1 aliphatic carbocycles. The largest absolute Gasteiger partial charge is 0.497 e. The molecule has 2 aliphatic rings. The highest BCUT2D eigenvalue weighted by Gasteiger charge is 2.51. The van der Waals surface area contributed by atoms with E-state index >= 15 is 0 Å². The lowest BCUT2D eigenvalue weighted by atomic mass is 9.53. The van der Waals surface area contributed by atoms with Crippen LogP contribution < -0.4 is 4.74 Å². The number of fused-ring (bicyclic) bond motifs is 2. The highest BCUT2D eigenvalue weighted by Crippen LogP contribution is 2.57. The Labute approximate surface area is 213 Å². The van der Waals surface area contributed by atoms with Gasteiger partial charge < -0.3 is 9.84 Å². The monoisotopic (exact) mass is 480 g/mol. The molecule has 1 aromatic heterocycles. The number of nitrogens with zero attached hydrogens (tertiary/aromatic N) is 2. The van der Waals surface area contributed by atoms with Crippen LogP contribution >= 0.6 is 0 Å². The number of aliphatic hydroxyl groups excluding tert-OH is 1. The highest BCUT2D eigenvalue weighted by atomic mass is 16.5.